The maximum Gasteiger partial charge on any atom is 0.322 e. The molecule has 12 heteroatoms. The molecule has 1 aliphatic heterocycles. The zero-order chi connectivity index (χ0) is 31.7. The van der Waals surface area contributed by atoms with Crippen LogP contribution in [0.2, 0.25) is 0 Å². The first-order valence-corrected chi connectivity index (χ1v) is 16.6. The number of ether oxygens (including phenoxy) is 1. The van der Waals surface area contributed by atoms with Gasteiger partial charge in [0, 0.05) is 50.5 Å². The Morgan fingerprint density at radius 3 is 2.16 bits per heavy atom. The first kappa shape index (κ1) is 32.7. The van der Waals surface area contributed by atoms with E-state index in [1.165, 1.54) is 25.1 Å². The first-order chi connectivity index (χ1) is 21.0. The van der Waals surface area contributed by atoms with E-state index in [1.54, 1.807) is 24.3 Å². The number of rotatable bonds is 12. The number of hydrogen-bond donors (Lipinski definition) is 3. The van der Waals surface area contributed by atoms with Crippen LogP contribution in [0.3, 0.4) is 0 Å². The Bertz CT molecular complexity index is 1530. The Labute approximate surface area is 258 Å². The van der Waals surface area contributed by atoms with E-state index < -0.39 is 15.8 Å². The summed E-state index contributed by atoms with van der Waals surface area (Å²) < 4.78 is 45.6. The number of unbranched alkanes of at least 4 members (excludes halogenated alkanes) is 1. The fourth-order valence-electron chi connectivity index (χ4n) is 5.12. The highest BCUT2D eigenvalue weighted by Gasteiger charge is 2.28. The van der Waals surface area contributed by atoms with Crippen LogP contribution in [0, 0.1) is 5.82 Å². The summed E-state index contributed by atoms with van der Waals surface area (Å²) in [4.78, 5) is 28.9. The van der Waals surface area contributed by atoms with Crippen LogP contribution < -0.4 is 20.1 Å². The highest BCUT2D eigenvalue weighted by atomic mass is 32.2. The van der Waals surface area contributed by atoms with Crippen molar-refractivity contribution in [3.05, 3.63) is 78.1 Å². The summed E-state index contributed by atoms with van der Waals surface area (Å²) in [5.41, 5.74) is 2.06. The van der Waals surface area contributed by atoms with Crippen molar-refractivity contribution < 1.29 is 27.1 Å². The van der Waals surface area contributed by atoms with Gasteiger partial charge in [-0.3, -0.25) is 14.4 Å². The van der Waals surface area contributed by atoms with E-state index in [0.717, 1.165) is 57.1 Å². The lowest BCUT2D eigenvalue weighted by Gasteiger charge is -2.38. The summed E-state index contributed by atoms with van der Waals surface area (Å²) in [5.74, 6) is 0.434. The standard InChI is InChI=1S/C32H40FN5O5S/c1-4-5-18-38(32(40)35-31-21-26(34-23(2)39)10-15-30(31)33)27-16-19-37(20-17-27)22-24-6-11-28(12-7-24)43-29-13-8-25(9-14-29)36-44(3,41)42/h6-15,21,27,36H,4-5,16-20,22H2,1-3H3,(H,34,39)(H,35,40). The Hall–Kier alpha value is -4.16. The van der Waals surface area contributed by atoms with Gasteiger partial charge in [0.05, 0.1) is 11.9 Å². The molecule has 0 aromatic heterocycles. The van der Waals surface area contributed by atoms with Gasteiger partial charge in [-0.05, 0) is 79.4 Å². The summed E-state index contributed by atoms with van der Waals surface area (Å²) >= 11 is 0. The Morgan fingerprint density at radius 2 is 1.57 bits per heavy atom. The molecule has 3 aromatic carbocycles. The van der Waals surface area contributed by atoms with Crippen molar-refractivity contribution in [2.45, 2.75) is 52.1 Å². The molecule has 0 radical (unpaired) electrons. The summed E-state index contributed by atoms with van der Waals surface area (Å²) in [5, 5.41) is 5.34. The molecule has 1 fully saturated rings. The highest BCUT2D eigenvalue weighted by Crippen LogP contribution is 2.26. The second-order valence-electron chi connectivity index (χ2n) is 11.0. The SMILES string of the molecule is CCCCN(C(=O)Nc1cc(NC(C)=O)ccc1F)C1CCN(Cc2ccc(Oc3ccc(NS(C)(=O)=O)cc3)cc2)CC1. The van der Waals surface area contributed by atoms with Gasteiger partial charge in [-0.25, -0.2) is 17.6 Å². The largest absolute Gasteiger partial charge is 0.457 e. The van der Waals surface area contributed by atoms with Gasteiger partial charge in [0.1, 0.15) is 17.3 Å². The fourth-order valence-corrected chi connectivity index (χ4v) is 5.68. The zero-order valence-electron chi connectivity index (χ0n) is 25.3. The van der Waals surface area contributed by atoms with Crippen LogP contribution in [-0.2, 0) is 21.4 Å². The molecule has 1 saturated heterocycles. The number of halogens is 1. The van der Waals surface area contributed by atoms with E-state index >= 15 is 0 Å². The zero-order valence-corrected chi connectivity index (χ0v) is 26.1. The molecule has 0 spiro atoms. The average molecular weight is 626 g/mol. The van der Waals surface area contributed by atoms with E-state index in [-0.39, 0.29) is 23.7 Å². The second kappa shape index (κ2) is 15.0. The number of nitrogens with one attached hydrogen (secondary N) is 3. The minimum Gasteiger partial charge on any atom is -0.457 e. The molecule has 0 bridgehead atoms. The lowest BCUT2D eigenvalue weighted by atomic mass is 10.0. The quantitative estimate of drug-likeness (QED) is 0.219. The molecular weight excluding hydrogens is 585 g/mol. The average Bonchev–Trinajstić information content (AvgIpc) is 2.97. The van der Waals surface area contributed by atoms with Crippen molar-refractivity contribution in [1.29, 1.82) is 0 Å². The number of nitrogens with zero attached hydrogens (tertiary/aromatic N) is 2. The van der Waals surface area contributed by atoms with Crippen LogP contribution in [0.5, 0.6) is 11.5 Å². The number of carbonyl (C=O) groups is 2. The molecule has 0 unspecified atom stereocenters. The normalized spacial score (nSPS) is 14.1. The molecule has 236 valence electrons. The van der Waals surface area contributed by atoms with Crippen LogP contribution in [0.25, 0.3) is 0 Å². The van der Waals surface area contributed by atoms with Gasteiger partial charge in [-0.15, -0.1) is 0 Å². The number of urea groups is 1. The third-order valence-corrected chi connectivity index (χ3v) is 7.87. The molecule has 0 aliphatic carbocycles. The van der Waals surface area contributed by atoms with E-state index in [9.17, 15) is 22.4 Å². The molecule has 1 aliphatic rings. The molecule has 1 heterocycles. The summed E-state index contributed by atoms with van der Waals surface area (Å²) in [7, 11) is -3.34. The van der Waals surface area contributed by atoms with E-state index in [1.807, 2.05) is 29.2 Å². The minimum absolute atomic E-state index is 0.0357. The summed E-state index contributed by atoms with van der Waals surface area (Å²) in [6, 6.07) is 18.4. The van der Waals surface area contributed by atoms with Gasteiger partial charge in [0.2, 0.25) is 15.9 Å². The van der Waals surface area contributed by atoms with Crippen LogP contribution in [0.1, 0.15) is 45.1 Å². The molecular formula is C32H40FN5O5S. The van der Waals surface area contributed by atoms with Crippen molar-refractivity contribution in [2.24, 2.45) is 0 Å². The number of likely N-dealkylation sites (tertiary alicyclic amines) is 1. The van der Waals surface area contributed by atoms with Crippen molar-refractivity contribution in [3.63, 3.8) is 0 Å². The predicted octanol–water partition coefficient (Wildman–Crippen LogP) is 6.25. The monoisotopic (exact) mass is 625 g/mol. The molecule has 3 aromatic rings. The van der Waals surface area contributed by atoms with Gasteiger partial charge in [-0.1, -0.05) is 25.5 Å². The minimum atomic E-state index is -3.34. The third kappa shape index (κ3) is 9.95. The van der Waals surface area contributed by atoms with Gasteiger partial charge in [-0.2, -0.15) is 0 Å². The number of piperidine rings is 1. The van der Waals surface area contributed by atoms with Crippen molar-refractivity contribution in [3.8, 4) is 11.5 Å². The van der Waals surface area contributed by atoms with Crippen molar-refractivity contribution in [1.82, 2.24) is 9.80 Å². The summed E-state index contributed by atoms with van der Waals surface area (Å²) in [6.45, 7) is 6.43. The third-order valence-electron chi connectivity index (χ3n) is 7.26. The van der Waals surface area contributed by atoms with Crippen LogP contribution in [0.4, 0.5) is 26.2 Å². The molecule has 0 saturated carbocycles. The van der Waals surface area contributed by atoms with E-state index in [4.69, 9.17) is 4.74 Å². The van der Waals surface area contributed by atoms with Gasteiger partial charge >= 0.3 is 6.03 Å². The maximum absolute atomic E-state index is 14.5. The smallest absolute Gasteiger partial charge is 0.322 e. The Balaban J connectivity index is 1.30. The van der Waals surface area contributed by atoms with Crippen molar-refractivity contribution in [2.75, 3.05) is 41.2 Å². The van der Waals surface area contributed by atoms with Gasteiger partial charge < -0.3 is 20.3 Å². The number of anilines is 3. The van der Waals surface area contributed by atoms with Gasteiger partial charge in [0.15, 0.2) is 0 Å². The van der Waals surface area contributed by atoms with Crippen LogP contribution >= 0.6 is 0 Å². The van der Waals surface area contributed by atoms with Crippen LogP contribution in [-0.4, -0.2) is 62.1 Å². The van der Waals surface area contributed by atoms with E-state index in [2.05, 4.69) is 27.2 Å². The lowest BCUT2D eigenvalue weighted by Crippen LogP contribution is -2.49. The molecule has 3 amide bonds. The van der Waals surface area contributed by atoms with E-state index in [0.29, 0.717) is 29.4 Å². The number of hydrogen-bond acceptors (Lipinski definition) is 6. The number of sulfonamides is 1. The Morgan fingerprint density at radius 1 is 0.955 bits per heavy atom. The molecule has 10 nitrogen and oxygen atoms in total. The Kier molecular flexibility index (Phi) is 11.2. The van der Waals surface area contributed by atoms with Gasteiger partial charge in [0.25, 0.3) is 0 Å². The lowest BCUT2D eigenvalue weighted by molar-refractivity contribution is -0.114. The highest BCUT2D eigenvalue weighted by molar-refractivity contribution is 7.92. The number of amides is 3. The number of carbonyl (C=O) groups excluding carboxylic acids is 2. The summed E-state index contributed by atoms with van der Waals surface area (Å²) in [6.07, 6.45) is 4.48. The molecule has 4 rings (SSSR count). The van der Waals surface area contributed by atoms with Crippen LogP contribution in [0.15, 0.2) is 66.7 Å². The molecule has 0 atom stereocenters. The number of benzene rings is 3. The molecule has 44 heavy (non-hydrogen) atoms. The molecule has 3 N–H and O–H groups in total. The van der Waals surface area contributed by atoms with Crippen molar-refractivity contribution >= 4 is 39.0 Å². The maximum atomic E-state index is 14.5. The predicted molar refractivity (Wildman–Crippen MR) is 171 cm³/mol. The first-order valence-electron chi connectivity index (χ1n) is 14.7. The fraction of sp³-hybridized carbons (Fsp3) is 0.375. The second-order valence-corrected chi connectivity index (χ2v) is 12.8. The topological polar surface area (TPSA) is 120 Å².